The molecule has 148 valence electrons. The molecule has 0 bridgehead atoms. The van der Waals surface area contributed by atoms with E-state index in [-0.39, 0.29) is 11.5 Å². The molecule has 0 unspecified atom stereocenters. The van der Waals surface area contributed by atoms with E-state index in [1.807, 2.05) is 6.07 Å². The van der Waals surface area contributed by atoms with Gasteiger partial charge in [-0.25, -0.2) is 14.2 Å². The Hall–Kier alpha value is -3.72. The molecule has 3 aromatic rings. The molecular formula is C24H18FN3O2. The van der Waals surface area contributed by atoms with Crippen molar-refractivity contribution in [2.45, 2.75) is 31.2 Å². The minimum atomic E-state index is -1.10. The van der Waals surface area contributed by atoms with Gasteiger partial charge < -0.3 is 5.11 Å². The number of hydrogen-bond acceptors (Lipinski definition) is 3. The van der Waals surface area contributed by atoms with Gasteiger partial charge >= 0.3 is 5.97 Å². The predicted molar refractivity (Wildman–Crippen MR) is 111 cm³/mol. The number of carboxylic acids is 1. The average molecular weight is 399 g/mol. The minimum Gasteiger partial charge on any atom is -0.476 e. The zero-order valence-electron chi connectivity index (χ0n) is 16.1. The quantitative estimate of drug-likeness (QED) is 0.653. The second-order valence-corrected chi connectivity index (χ2v) is 7.67. The molecule has 1 N–H and O–H groups in total. The minimum absolute atomic E-state index is 0.0117. The Morgan fingerprint density at radius 1 is 1.17 bits per heavy atom. The number of aliphatic imine (C=N–C) groups is 1. The van der Waals surface area contributed by atoms with Crippen molar-refractivity contribution >= 4 is 11.7 Å². The Morgan fingerprint density at radius 3 is 2.63 bits per heavy atom. The summed E-state index contributed by atoms with van der Waals surface area (Å²) in [4.78, 5) is 21.3. The molecule has 6 heteroatoms. The average Bonchev–Trinajstić information content (AvgIpc) is 3.38. The van der Waals surface area contributed by atoms with Gasteiger partial charge in [0.15, 0.2) is 5.69 Å². The van der Waals surface area contributed by atoms with Gasteiger partial charge in [0.05, 0.1) is 17.1 Å². The normalized spacial score (nSPS) is 16.3. The number of carbonyl (C=O) groups is 1. The third-order valence-corrected chi connectivity index (χ3v) is 5.97. The summed E-state index contributed by atoms with van der Waals surface area (Å²) in [5.41, 5.74) is 2.61. The van der Waals surface area contributed by atoms with E-state index in [9.17, 15) is 14.3 Å². The predicted octanol–water partition coefficient (Wildman–Crippen LogP) is 4.31. The van der Waals surface area contributed by atoms with Crippen LogP contribution in [0.1, 0.15) is 58.6 Å². The van der Waals surface area contributed by atoms with Gasteiger partial charge in [-0.2, -0.15) is 0 Å². The summed E-state index contributed by atoms with van der Waals surface area (Å²) in [6, 6.07) is 11.9. The van der Waals surface area contributed by atoms with Gasteiger partial charge in [-0.3, -0.25) is 9.56 Å². The molecule has 1 aromatic heterocycles. The Balaban J connectivity index is 1.92. The number of terminal acetylenes is 1. The number of hydrogen-bond donors (Lipinski definition) is 1. The molecule has 1 spiro atoms. The number of halogens is 1. The van der Waals surface area contributed by atoms with E-state index in [0.717, 1.165) is 12.8 Å². The number of rotatable bonds is 2. The van der Waals surface area contributed by atoms with Crippen LogP contribution in [0.25, 0.3) is 5.69 Å². The molecule has 5 nitrogen and oxygen atoms in total. The van der Waals surface area contributed by atoms with Gasteiger partial charge in [0, 0.05) is 16.7 Å². The van der Waals surface area contributed by atoms with Crippen molar-refractivity contribution in [3.63, 3.8) is 0 Å². The fourth-order valence-electron chi connectivity index (χ4n) is 4.65. The van der Waals surface area contributed by atoms with Crippen molar-refractivity contribution in [1.82, 2.24) is 9.55 Å². The highest BCUT2D eigenvalue weighted by atomic mass is 19.1. The molecular weight excluding hydrogens is 381 g/mol. The molecule has 1 aliphatic carbocycles. The first-order valence-electron chi connectivity index (χ1n) is 9.81. The lowest BCUT2D eigenvalue weighted by Crippen LogP contribution is -2.26. The van der Waals surface area contributed by atoms with Gasteiger partial charge in [0.1, 0.15) is 17.7 Å². The van der Waals surface area contributed by atoms with Gasteiger partial charge in [-0.05, 0) is 43.2 Å². The second kappa shape index (κ2) is 6.67. The maximum absolute atomic E-state index is 14.9. The number of aromatic nitrogens is 2. The molecule has 30 heavy (non-hydrogen) atoms. The zero-order chi connectivity index (χ0) is 20.9. The lowest BCUT2D eigenvalue weighted by atomic mass is 9.91. The lowest BCUT2D eigenvalue weighted by Gasteiger charge is -2.25. The van der Waals surface area contributed by atoms with E-state index in [1.54, 1.807) is 34.9 Å². The van der Waals surface area contributed by atoms with Crippen molar-refractivity contribution in [2.75, 3.05) is 0 Å². The molecule has 1 fully saturated rings. The molecule has 0 atom stereocenters. The van der Waals surface area contributed by atoms with E-state index in [1.165, 1.54) is 12.4 Å². The highest BCUT2D eigenvalue weighted by molar-refractivity contribution is 6.16. The standard InChI is InChI=1S/C24H18FN3O2/c1-2-15-9-10-19-17(13-15)20(16-7-3-4-8-18(16)25)27-24(11-5-6-12-24)22-21(23(29)30)26-14-28(19)22/h1,3-4,7-10,13-14H,5-6,11-12H2,(H,29,30). The molecule has 2 aromatic carbocycles. The Bertz CT molecular complexity index is 1260. The number of fused-ring (bicyclic) bond motifs is 4. The number of carboxylic acid groups (broad SMARTS) is 1. The van der Waals surface area contributed by atoms with Gasteiger partial charge in [-0.15, -0.1) is 6.42 Å². The maximum Gasteiger partial charge on any atom is 0.356 e. The first-order chi connectivity index (χ1) is 14.5. The summed E-state index contributed by atoms with van der Waals surface area (Å²) >= 11 is 0. The van der Waals surface area contributed by atoms with Crippen LogP contribution >= 0.6 is 0 Å². The van der Waals surface area contributed by atoms with Crippen molar-refractivity contribution in [2.24, 2.45) is 4.99 Å². The fourth-order valence-corrected chi connectivity index (χ4v) is 4.65. The molecule has 2 heterocycles. The van der Waals surface area contributed by atoms with Crippen LogP contribution < -0.4 is 0 Å². The topological polar surface area (TPSA) is 67.5 Å². The van der Waals surface area contributed by atoms with Crippen molar-refractivity contribution in [3.8, 4) is 18.0 Å². The number of benzene rings is 2. The van der Waals surface area contributed by atoms with Crippen LogP contribution in [0.15, 0.2) is 53.8 Å². The Labute approximate surface area is 172 Å². The van der Waals surface area contributed by atoms with E-state index >= 15 is 0 Å². The van der Waals surface area contributed by atoms with Crippen molar-refractivity contribution in [1.29, 1.82) is 0 Å². The zero-order valence-corrected chi connectivity index (χ0v) is 16.1. The molecule has 1 saturated carbocycles. The van der Waals surface area contributed by atoms with Crippen LogP contribution in [0.2, 0.25) is 0 Å². The lowest BCUT2D eigenvalue weighted by molar-refractivity contribution is 0.0687. The number of imidazole rings is 1. The van der Waals surface area contributed by atoms with Crippen LogP contribution in [-0.4, -0.2) is 26.3 Å². The highest BCUT2D eigenvalue weighted by Crippen LogP contribution is 2.47. The monoisotopic (exact) mass is 399 g/mol. The summed E-state index contributed by atoms with van der Waals surface area (Å²) in [6.45, 7) is 0. The van der Waals surface area contributed by atoms with Crippen LogP contribution in [0, 0.1) is 18.2 Å². The fraction of sp³-hybridized carbons (Fsp3) is 0.208. The van der Waals surface area contributed by atoms with E-state index < -0.39 is 11.5 Å². The Morgan fingerprint density at radius 2 is 1.93 bits per heavy atom. The van der Waals surface area contributed by atoms with E-state index in [0.29, 0.717) is 46.6 Å². The molecule has 5 rings (SSSR count). The molecule has 0 radical (unpaired) electrons. The smallest absolute Gasteiger partial charge is 0.356 e. The summed E-state index contributed by atoms with van der Waals surface area (Å²) in [7, 11) is 0. The van der Waals surface area contributed by atoms with Crippen LogP contribution in [0.3, 0.4) is 0 Å². The first kappa shape index (κ1) is 18.3. The molecule has 0 amide bonds. The maximum atomic E-state index is 14.9. The SMILES string of the molecule is C#Cc1ccc2c(c1)C(c1ccccc1F)=NC1(CCCC1)c1c(C(=O)O)ncn1-2. The molecule has 0 saturated heterocycles. The van der Waals surface area contributed by atoms with Crippen LogP contribution in [-0.2, 0) is 5.54 Å². The van der Waals surface area contributed by atoms with Crippen LogP contribution in [0.4, 0.5) is 4.39 Å². The Kier molecular flexibility index (Phi) is 4.07. The molecule has 1 aliphatic heterocycles. The summed E-state index contributed by atoms with van der Waals surface area (Å²) < 4.78 is 16.7. The van der Waals surface area contributed by atoms with E-state index in [2.05, 4.69) is 10.9 Å². The second-order valence-electron chi connectivity index (χ2n) is 7.67. The van der Waals surface area contributed by atoms with Crippen molar-refractivity contribution in [3.05, 3.63) is 82.7 Å². The van der Waals surface area contributed by atoms with Gasteiger partial charge in [-0.1, -0.05) is 30.9 Å². The number of nitrogens with zero attached hydrogens (tertiary/aromatic N) is 3. The van der Waals surface area contributed by atoms with Crippen LogP contribution in [0.5, 0.6) is 0 Å². The van der Waals surface area contributed by atoms with Gasteiger partial charge in [0.2, 0.25) is 0 Å². The van der Waals surface area contributed by atoms with Crippen molar-refractivity contribution < 1.29 is 14.3 Å². The third kappa shape index (κ3) is 2.59. The molecule has 2 aliphatic rings. The summed E-state index contributed by atoms with van der Waals surface area (Å²) in [6.07, 6.45) is 10.3. The van der Waals surface area contributed by atoms with E-state index in [4.69, 9.17) is 11.4 Å². The largest absolute Gasteiger partial charge is 0.476 e. The highest BCUT2D eigenvalue weighted by Gasteiger charge is 2.44. The third-order valence-electron chi connectivity index (χ3n) is 5.97. The summed E-state index contributed by atoms with van der Waals surface area (Å²) in [5, 5.41) is 9.81. The summed E-state index contributed by atoms with van der Waals surface area (Å²) in [5.74, 6) is 1.14. The first-order valence-corrected chi connectivity index (χ1v) is 9.81. The van der Waals surface area contributed by atoms with Gasteiger partial charge in [0.25, 0.3) is 0 Å². The number of aromatic carboxylic acids is 1.